The monoisotopic (exact) mass is 481 g/mol. The van der Waals surface area contributed by atoms with E-state index >= 15 is 0 Å². The number of para-hydroxylation sites is 1. The van der Waals surface area contributed by atoms with Crippen LogP contribution in [0.25, 0.3) is 10.1 Å². The van der Waals surface area contributed by atoms with Crippen LogP contribution in [0.3, 0.4) is 0 Å². The van der Waals surface area contributed by atoms with Crippen LogP contribution in [-0.2, 0) is 6.42 Å². The minimum Gasteiger partial charge on any atom is -0.496 e. The number of benzene rings is 2. The van der Waals surface area contributed by atoms with Crippen LogP contribution in [0, 0.1) is 0 Å². The molecule has 1 aromatic heterocycles. The molecule has 1 unspecified atom stereocenters. The van der Waals surface area contributed by atoms with Crippen molar-refractivity contribution in [1.29, 1.82) is 0 Å². The number of rotatable bonds is 7. The van der Waals surface area contributed by atoms with Crippen LogP contribution < -0.4 is 14.2 Å². The summed E-state index contributed by atoms with van der Waals surface area (Å²) in [6.07, 6.45) is 2.53. The first kappa shape index (κ1) is 23.5. The predicted octanol–water partition coefficient (Wildman–Crippen LogP) is 5.63. The molecule has 0 amide bonds. The highest BCUT2D eigenvalue weighted by Gasteiger charge is 2.33. The maximum atomic E-state index is 10.7. The molecule has 2 aliphatic heterocycles. The van der Waals surface area contributed by atoms with Crippen LogP contribution in [0.4, 0.5) is 0 Å². The van der Waals surface area contributed by atoms with Crippen molar-refractivity contribution >= 4 is 21.4 Å². The lowest BCUT2D eigenvalue weighted by Crippen LogP contribution is -2.45. The summed E-state index contributed by atoms with van der Waals surface area (Å²) in [5.41, 5.74) is 0.964. The number of nitrogens with zero attached hydrogens (tertiary/aromatic N) is 1. The third-order valence-electron chi connectivity index (χ3n) is 7.11. The Kier molecular flexibility index (Phi) is 6.49. The molecular weight excluding hydrogens is 446 g/mol. The summed E-state index contributed by atoms with van der Waals surface area (Å²) in [5, 5.41) is 12.0. The number of aliphatic hydroxyl groups is 1. The molecule has 0 saturated carbocycles. The van der Waals surface area contributed by atoms with E-state index in [4.69, 9.17) is 14.2 Å². The predicted molar refractivity (Wildman–Crippen MR) is 138 cm³/mol. The van der Waals surface area contributed by atoms with Gasteiger partial charge in [0.25, 0.3) is 0 Å². The quantitative estimate of drug-likeness (QED) is 0.474. The van der Waals surface area contributed by atoms with Gasteiger partial charge >= 0.3 is 0 Å². The van der Waals surface area contributed by atoms with Crippen LogP contribution >= 0.6 is 11.3 Å². The third-order valence-corrected chi connectivity index (χ3v) is 8.37. The topological polar surface area (TPSA) is 51.2 Å². The van der Waals surface area contributed by atoms with Crippen LogP contribution in [-0.4, -0.2) is 54.6 Å². The second-order valence-electron chi connectivity index (χ2n) is 10.3. The van der Waals surface area contributed by atoms with Crippen LogP contribution in [0.15, 0.2) is 42.5 Å². The smallest absolute Gasteiger partial charge is 0.165 e. The van der Waals surface area contributed by atoms with Gasteiger partial charge in [0.2, 0.25) is 0 Å². The van der Waals surface area contributed by atoms with Gasteiger partial charge in [-0.2, -0.15) is 0 Å². The summed E-state index contributed by atoms with van der Waals surface area (Å²) >= 11 is 1.89. The summed E-state index contributed by atoms with van der Waals surface area (Å²) < 4.78 is 18.9. The van der Waals surface area contributed by atoms with Gasteiger partial charge in [0.05, 0.1) is 7.11 Å². The maximum Gasteiger partial charge on any atom is 0.165 e. The molecule has 0 spiro atoms. The van der Waals surface area contributed by atoms with Crippen LogP contribution in [0.5, 0.6) is 17.2 Å². The van der Waals surface area contributed by atoms with E-state index in [2.05, 4.69) is 49.9 Å². The molecule has 6 heteroatoms. The Balaban J connectivity index is 1.16. The molecule has 0 bridgehead atoms. The summed E-state index contributed by atoms with van der Waals surface area (Å²) in [5.74, 6) is 3.06. The first-order valence-corrected chi connectivity index (χ1v) is 13.1. The fraction of sp³-hybridized carbons (Fsp3) is 0.500. The van der Waals surface area contributed by atoms with Crippen molar-refractivity contribution in [1.82, 2.24) is 4.90 Å². The lowest BCUT2D eigenvalue weighted by atomic mass is 9.90. The average molecular weight is 482 g/mol. The Bertz CT molecular complexity index is 1160. The van der Waals surface area contributed by atoms with Gasteiger partial charge in [-0.25, -0.2) is 0 Å². The van der Waals surface area contributed by atoms with Gasteiger partial charge in [-0.05, 0) is 70.3 Å². The van der Waals surface area contributed by atoms with Crippen molar-refractivity contribution in [2.24, 2.45) is 0 Å². The summed E-state index contributed by atoms with van der Waals surface area (Å²) in [6, 6.07) is 15.0. The molecule has 182 valence electrons. The van der Waals surface area contributed by atoms with Crippen LogP contribution in [0.2, 0.25) is 0 Å². The van der Waals surface area contributed by atoms with E-state index in [-0.39, 0.29) is 12.2 Å². The number of likely N-dealkylation sites (tertiary alicyclic amines) is 1. The third kappa shape index (κ3) is 4.77. The van der Waals surface area contributed by atoms with Crippen molar-refractivity contribution < 1.29 is 19.3 Å². The molecule has 0 aliphatic carbocycles. The molecule has 3 atom stereocenters. The lowest BCUT2D eigenvalue weighted by Gasteiger charge is -2.38. The molecule has 0 radical (unpaired) electrons. The molecule has 34 heavy (non-hydrogen) atoms. The zero-order chi connectivity index (χ0) is 23.9. The Morgan fingerprint density at radius 3 is 2.79 bits per heavy atom. The number of aliphatic hydroxyl groups excluding tert-OH is 1. The molecule has 1 N–H and O–H groups in total. The first-order chi connectivity index (χ1) is 16.3. The molecule has 1 saturated heterocycles. The highest BCUT2D eigenvalue weighted by Crippen LogP contribution is 2.42. The fourth-order valence-electron chi connectivity index (χ4n) is 5.39. The van der Waals surface area contributed by atoms with Gasteiger partial charge in [-0.1, -0.05) is 18.2 Å². The minimum atomic E-state index is -0.544. The SMILES string of the molecule is COc1cccc2sc([C@H]3CCN(CC(O)COc4cccc5c4OC(C)(C)C5)[C@@H](C)C3)cc12. The molecule has 2 aromatic carbocycles. The number of ether oxygens (including phenoxy) is 3. The van der Waals surface area contributed by atoms with Gasteiger partial charge < -0.3 is 19.3 Å². The molecule has 2 aliphatic rings. The standard InChI is InChI=1S/C28H35NO4S/c1-18-13-19(26-14-22-23(31-4)8-6-10-25(22)34-26)11-12-29(18)16-21(30)17-32-24-9-5-7-20-15-28(2,3)33-27(20)24/h5-10,14,18-19,21,30H,11-13,15-17H2,1-4H3/t18-,19-,21?/m0/s1. The Morgan fingerprint density at radius 1 is 1.21 bits per heavy atom. The number of hydrogen-bond donors (Lipinski definition) is 1. The van der Waals surface area contributed by atoms with Crippen molar-refractivity contribution in [3.05, 3.63) is 52.9 Å². The number of piperidine rings is 1. The van der Waals surface area contributed by atoms with E-state index in [1.807, 2.05) is 29.5 Å². The summed E-state index contributed by atoms with van der Waals surface area (Å²) in [4.78, 5) is 3.84. The highest BCUT2D eigenvalue weighted by molar-refractivity contribution is 7.19. The van der Waals surface area contributed by atoms with Crippen LogP contribution in [0.1, 0.15) is 50.0 Å². The first-order valence-electron chi connectivity index (χ1n) is 12.3. The molecule has 3 heterocycles. The molecule has 3 aromatic rings. The number of fused-ring (bicyclic) bond motifs is 2. The van der Waals surface area contributed by atoms with E-state index in [9.17, 15) is 5.11 Å². The Morgan fingerprint density at radius 2 is 2.00 bits per heavy atom. The van der Waals surface area contributed by atoms with Gasteiger partial charge in [-0.3, -0.25) is 4.90 Å². The number of methoxy groups -OCH3 is 1. The van der Waals surface area contributed by atoms with Crippen molar-refractivity contribution in [3.63, 3.8) is 0 Å². The zero-order valence-corrected chi connectivity index (χ0v) is 21.4. The Hall–Kier alpha value is -2.28. The van der Waals surface area contributed by atoms with Gasteiger partial charge in [0.15, 0.2) is 11.5 Å². The minimum absolute atomic E-state index is 0.209. The van der Waals surface area contributed by atoms with E-state index in [1.54, 1.807) is 7.11 Å². The van der Waals surface area contributed by atoms with Gasteiger partial charge in [0.1, 0.15) is 24.1 Å². The van der Waals surface area contributed by atoms with Gasteiger partial charge in [-0.15, -0.1) is 11.3 Å². The second kappa shape index (κ2) is 9.40. The van der Waals surface area contributed by atoms with E-state index in [1.165, 1.54) is 20.5 Å². The van der Waals surface area contributed by atoms with Crippen molar-refractivity contribution in [3.8, 4) is 17.2 Å². The molecular formula is C28H35NO4S. The van der Waals surface area contributed by atoms with E-state index < -0.39 is 6.10 Å². The summed E-state index contributed by atoms with van der Waals surface area (Å²) in [6.45, 7) is 8.32. The number of thiophene rings is 1. The number of β-amino-alcohol motifs (C(OH)–C–C–N with tert-alkyl or cyclic N) is 1. The lowest BCUT2D eigenvalue weighted by molar-refractivity contribution is 0.0388. The molecule has 1 fully saturated rings. The maximum absolute atomic E-state index is 10.7. The second-order valence-corrected chi connectivity index (χ2v) is 11.4. The highest BCUT2D eigenvalue weighted by atomic mass is 32.1. The zero-order valence-electron chi connectivity index (χ0n) is 20.5. The van der Waals surface area contributed by atoms with Crippen molar-refractivity contribution in [2.75, 3.05) is 26.8 Å². The molecule has 5 nitrogen and oxygen atoms in total. The average Bonchev–Trinajstić information content (AvgIpc) is 3.38. The normalized spacial score (nSPS) is 22.9. The largest absolute Gasteiger partial charge is 0.496 e. The van der Waals surface area contributed by atoms with E-state index in [0.29, 0.717) is 18.5 Å². The number of hydrogen-bond acceptors (Lipinski definition) is 6. The summed E-state index contributed by atoms with van der Waals surface area (Å²) in [7, 11) is 1.74. The van der Waals surface area contributed by atoms with E-state index in [0.717, 1.165) is 43.1 Å². The fourth-order valence-corrected chi connectivity index (χ4v) is 6.62. The van der Waals surface area contributed by atoms with Gasteiger partial charge in [0, 0.05) is 39.5 Å². The Labute approximate surface area is 206 Å². The van der Waals surface area contributed by atoms with Crippen molar-refractivity contribution in [2.45, 2.75) is 63.7 Å². The molecule has 5 rings (SSSR count).